The zero-order chi connectivity index (χ0) is 10.3. The number of fused-ring (bicyclic) bond motifs is 1. The quantitative estimate of drug-likeness (QED) is 0.715. The van der Waals surface area contributed by atoms with Crippen molar-refractivity contribution in [2.45, 2.75) is 39.2 Å². The molecular weight excluding hydrogens is 200 g/mol. The Kier molecular flexibility index (Phi) is 2.35. The molecule has 1 aromatic heterocycles. The first-order chi connectivity index (χ1) is 6.59. The van der Waals surface area contributed by atoms with Gasteiger partial charge in [-0.25, -0.2) is 4.98 Å². The Morgan fingerprint density at radius 2 is 2.21 bits per heavy atom. The molecule has 4 heteroatoms. The summed E-state index contributed by atoms with van der Waals surface area (Å²) < 4.78 is 2.09. The van der Waals surface area contributed by atoms with E-state index in [9.17, 15) is 4.79 Å². The number of imidazole rings is 1. The van der Waals surface area contributed by atoms with Gasteiger partial charge in [-0.3, -0.25) is 4.79 Å². The molecule has 1 aromatic rings. The van der Waals surface area contributed by atoms with Crippen molar-refractivity contribution in [2.75, 3.05) is 0 Å². The molecule has 0 spiro atoms. The summed E-state index contributed by atoms with van der Waals surface area (Å²) in [5.41, 5.74) is 0.895. The van der Waals surface area contributed by atoms with Gasteiger partial charge in [0.1, 0.15) is 11.6 Å². The minimum absolute atomic E-state index is 0.259. The van der Waals surface area contributed by atoms with Gasteiger partial charge < -0.3 is 4.57 Å². The molecule has 3 nitrogen and oxygen atoms in total. The second kappa shape index (κ2) is 3.39. The highest BCUT2D eigenvalue weighted by molar-refractivity contribution is 6.30. The molecule has 0 aromatic carbocycles. The van der Waals surface area contributed by atoms with Crippen LogP contribution in [0, 0.1) is 0 Å². The Morgan fingerprint density at radius 1 is 1.50 bits per heavy atom. The fourth-order valence-corrected chi connectivity index (χ4v) is 2.10. The van der Waals surface area contributed by atoms with E-state index < -0.39 is 0 Å². The zero-order valence-electron chi connectivity index (χ0n) is 8.38. The number of hydrogen-bond acceptors (Lipinski definition) is 2. The molecule has 0 N–H and O–H groups in total. The van der Waals surface area contributed by atoms with Crippen LogP contribution in [0.4, 0.5) is 0 Å². The Labute approximate surface area is 88.1 Å². The molecule has 0 bridgehead atoms. The second-order valence-corrected chi connectivity index (χ2v) is 4.34. The predicted molar refractivity (Wildman–Crippen MR) is 54.7 cm³/mol. The van der Waals surface area contributed by atoms with Gasteiger partial charge in [0.15, 0.2) is 5.15 Å². The summed E-state index contributed by atoms with van der Waals surface area (Å²) in [6.07, 6.45) is 1.05. The van der Waals surface area contributed by atoms with Gasteiger partial charge in [-0.2, -0.15) is 0 Å². The van der Waals surface area contributed by atoms with Crippen LogP contribution < -0.4 is 0 Å². The van der Waals surface area contributed by atoms with Gasteiger partial charge in [-0.05, 0) is 0 Å². The van der Waals surface area contributed by atoms with Crippen molar-refractivity contribution in [3.63, 3.8) is 0 Å². The molecule has 0 atom stereocenters. The number of nitrogens with zero attached hydrogens (tertiary/aromatic N) is 2. The van der Waals surface area contributed by atoms with Crippen LogP contribution >= 0.6 is 11.6 Å². The van der Waals surface area contributed by atoms with Gasteiger partial charge in [0, 0.05) is 25.3 Å². The fraction of sp³-hybridized carbons (Fsp3) is 0.600. The fourth-order valence-electron chi connectivity index (χ4n) is 1.85. The standard InChI is InChI=1S/C10H13ClN2O/c1-6(2)10-12-9(11)8-5-7(14)3-4-13(8)10/h6H,3-5H2,1-2H3. The highest BCUT2D eigenvalue weighted by atomic mass is 35.5. The van der Waals surface area contributed by atoms with E-state index in [1.54, 1.807) is 0 Å². The lowest BCUT2D eigenvalue weighted by Crippen LogP contribution is -2.20. The molecule has 1 aliphatic heterocycles. The van der Waals surface area contributed by atoms with Crippen molar-refractivity contribution >= 4 is 17.4 Å². The molecule has 14 heavy (non-hydrogen) atoms. The lowest BCUT2D eigenvalue weighted by molar-refractivity contribution is -0.119. The van der Waals surface area contributed by atoms with Gasteiger partial charge in [-0.15, -0.1) is 0 Å². The summed E-state index contributed by atoms with van der Waals surface area (Å²) in [6.45, 7) is 4.91. The molecule has 0 radical (unpaired) electrons. The first-order valence-electron chi connectivity index (χ1n) is 4.86. The molecule has 0 amide bonds. The summed E-state index contributed by atoms with van der Waals surface area (Å²) >= 11 is 5.99. The van der Waals surface area contributed by atoms with Crippen molar-refractivity contribution in [3.8, 4) is 0 Å². The maximum Gasteiger partial charge on any atom is 0.151 e. The maximum absolute atomic E-state index is 11.3. The van der Waals surface area contributed by atoms with Crippen molar-refractivity contribution in [3.05, 3.63) is 16.7 Å². The number of carbonyl (C=O) groups is 1. The molecule has 0 fully saturated rings. The first kappa shape index (κ1) is 9.71. The molecular formula is C10H13ClN2O. The third-order valence-corrected chi connectivity index (χ3v) is 2.85. The number of halogens is 1. The van der Waals surface area contributed by atoms with Crippen molar-refractivity contribution in [2.24, 2.45) is 0 Å². The third kappa shape index (κ3) is 1.46. The van der Waals surface area contributed by atoms with E-state index in [1.165, 1.54) is 0 Å². The lowest BCUT2D eigenvalue weighted by Gasteiger charge is -2.17. The van der Waals surface area contributed by atoms with E-state index in [2.05, 4.69) is 23.4 Å². The van der Waals surface area contributed by atoms with Crippen molar-refractivity contribution in [1.29, 1.82) is 0 Å². The number of aromatic nitrogens is 2. The van der Waals surface area contributed by atoms with Crippen molar-refractivity contribution < 1.29 is 4.79 Å². The van der Waals surface area contributed by atoms with Crippen LogP contribution in [0.3, 0.4) is 0 Å². The monoisotopic (exact) mass is 212 g/mol. The number of rotatable bonds is 1. The number of hydrogen-bond donors (Lipinski definition) is 0. The van der Waals surface area contributed by atoms with Gasteiger partial charge >= 0.3 is 0 Å². The Hall–Kier alpha value is -0.830. The van der Waals surface area contributed by atoms with Crippen LogP contribution in [0.1, 0.15) is 37.7 Å². The molecule has 0 unspecified atom stereocenters. The van der Waals surface area contributed by atoms with Gasteiger partial charge in [-0.1, -0.05) is 25.4 Å². The van der Waals surface area contributed by atoms with Gasteiger partial charge in [0.2, 0.25) is 0 Å². The molecule has 0 saturated carbocycles. The van der Waals surface area contributed by atoms with Crippen LogP contribution in [-0.4, -0.2) is 15.3 Å². The Balaban J connectivity index is 2.48. The van der Waals surface area contributed by atoms with E-state index in [1.807, 2.05) is 0 Å². The SMILES string of the molecule is CC(C)c1nc(Cl)c2n1CCC(=O)C2. The highest BCUT2D eigenvalue weighted by Gasteiger charge is 2.23. The predicted octanol–water partition coefficient (Wildman–Crippen LogP) is 2.18. The number of carbonyl (C=O) groups excluding carboxylic acids is 1. The van der Waals surface area contributed by atoms with Crippen LogP contribution in [-0.2, 0) is 17.8 Å². The zero-order valence-corrected chi connectivity index (χ0v) is 9.14. The van der Waals surface area contributed by atoms with Crippen LogP contribution in [0.25, 0.3) is 0 Å². The Bertz CT molecular complexity index is 382. The number of Topliss-reactive ketones (excluding diaryl/α,β-unsaturated/α-hetero) is 1. The summed E-state index contributed by atoms with van der Waals surface area (Å²) in [6, 6.07) is 0. The first-order valence-corrected chi connectivity index (χ1v) is 5.24. The van der Waals surface area contributed by atoms with Gasteiger partial charge in [0.25, 0.3) is 0 Å². The molecule has 2 heterocycles. The minimum atomic E-state index is 0.259. The maximum atomic E-state index is 11.3. The Morgan fingerprint density at radius 3 is 2.86 bits per heavy atom. The van der Waals surface area contributed by atoms with E-state index in [0.29, 0.717) is 23.9 Å². The smallest absolute Gasteiger partial charge is 0.151 e. The van der Waals surface area contributed by atoms with Gasteiger partial charge in [0.05, 0.1) is 5.69 Å². The molecule has 76 valence electrons. The summed E-state index contributed by atoms with van der Waals surface area (Å²) in [4.78, 5) is 15.6. The second-order valence-electron chi connectivity index (χ2n) is 3.98. The number of ketones is 1. The van der Waals surface area contributed by atoms with E-state index >= 15 is 0 Å². The summed E-state index contributed by atoms with van der Waals surface area (Å²) in [5, 5.41) is 0.502. The molecule has 1 aliphatic rings. The van der Waals surface area contributed by atoms with E-state index in [4.69, 9.17) is 11.6 Å². The van der Waals surface area contributed by atoms with Crippen LogP contribution in [0.5, 0.6) is 0 Å². The topological polar surface area (TPSA) is 34.9 Å². The van der Waals surface area contributed by atoms with E-state index in [0.717, 1.165) is 18.1 Å². The van der Waals surface area contributed by atoms with Crippen LogP contribution in [0.2, 0.25) is 5.15 Å². The normalized spacial score (nSPS) is 16.1. The molecule has 0 aliphatic carbocycles. The summed E-state index contributed by atoms with van der Waals surface area (Å²) in [7, 11) is 0. The third-order valence-electron chi connectivity index (χ3n) is 2.55. The summed E-state index contributed by atoms with van der Waals surface area (Å²) in [5.74, 6) is 1.61. The highest BCUT2D eigenvalue weighted by Crippen LogP contribution is 2.26. The molecule has 2 rings (SSSR count). The van der Waals surface area contributed by atoms with E-state index in [-0.39, 0.29) is 5.78 Å². The average Bonchev–Trinajstić information content (AvgIpc) is 2.44. The minimum Gasteiger partial charge on any atom is -0.330 e. The van der Waals surface area contributed by atoms with Crippen LogP contribution in [0.15, 0.2) is 0 Å². The largest absolute Gasteiger partial charge is 0.330 e. The average molecular weight is 213 g/mol. The molecule has 0 saturated heterocycles. The lowest BCUT2D eigenvalue weighted by atomic mass is 10.1. The van der Waals surface area contributed by atoms with Crippen molar-refractivity contribution in [1.82, 2.24) is 9.55 Å².